The van der Waals surface area contributed by atoms with Crippen molar-refractivity contribution < 1.29 is 19.4 Å². The summed E-state index contributed by atoms with van der Waals surface area (Å²) in [6.07, 6.45) is 1.48. The summed E-state index contributed by atoms with van der Waals surface area (Å²) >= 11 is 0. The first-order chi connectivity index (χ1) is 10.6. The zero-order valence-electron chi connectivity index (χ0n) is 12.7. The van der Waals surface area contributed by atoms with E-state index < -0.39 is 11.9 Å². The molecule has 2 aliphatic rings. The maximum absolute atomic E-state index is 12.6. The van der Waals surface area contributed by atoms with Crippen LogP contribution in [0, 0.1) is 5.92 Å². The maximum Gasteiger partial charge on any atom is 0.308 e. The number of aliphatic carboxylic acids is 1. The lowest BCUT2D eigenvalue weighted by Crippen LogP contribution is -2.38. The largest absolute Gasteiger partial charge is 0.481 e. The van der Waals surface area contributed by atoms with Gasteiger partial charge < -0.3 is 14.7 Å². The van der Waals surface area contributed by atoms with Crippen LogP contribution in [0.2, 0.25) is 0 Å². The van der Waals surface area contributed by atoms with Gasteiger partial charge in [0.15, 0.2) is 0 Å². The van der Waals surface area contributed by atoms with E-state index in [0.29, 0.717) is 19.6 Å². The molecule has 0 spiro atoms. The van der Waals surface area contributed by atoms with E-state index in [1.165, 1.54) is 5.56 Å². The van der Waals surface area contributed by atoms with Gasteiger partial charge in [0.25, 0.3) is 0 Å². The summed E-state index contributed by atoms with van der Waals surface area (Å²) in [7, 11) is 0. The zero-order chi connectivity index (χ0) is 15.7. The van der Waals surface area contributed by atoms with Gasteiger partial charge in [0.2, 0.25) is 5.91 Å². The highest BCUT2D eigenvalue weighted by Crippen LogP contribution is 2.32. The number of nitrogens with zero attached hydrogens (tertiary/aromatic N) is 1. The van der Waals surface area contributed by atoms with E-state index in [2.05, 4.69) is 6.07 Å². The van der Waals surface area contributed by atoms with E-state index >= 15 is 0 Å². The van der Waals surface area contributed by atoms with Crippen LogP contribution in [0.5, 0.6) is 0 Å². The molecule has 1 amide bonds. The van der Waals surface area contributed by atoms with E-state index in [1.54, 1.807) is 4.90 Å². The molecule has 3 unspecified atom stereocenters. The van der Waals surface area contributed by atoms with Crippen molar-refractivity contribution >= 4 is 11.9 Å². The van der Waals surface area contributed by atoms with Crippen LogP contribution >= 0.6 is 0 Å². The molecule has 1 saturated heterocycles. The van der Waals surface area contributed by atoms with Crippen molar-refractivity contribution in [1.29, 1.82) is 0 Å². The van der Waals surface area contributed by atoms with Gasteiger partial charge in [0, 0.05) is 12.6 Å². The molecular weight excluding hydrogens is 282 g/mol. The number of carboxylic acid groups (broad SMARTS) is 1. The van der Waals surface area contributed by atoms with E-state index in [0.717, 1.165) is 12.0 Å². The normalized spacial score (nSPS) is 27.5. The summed E-state index contributed by atoms with van der Waals surface area (Å²) in [4.78, 5) is 25.4. The molecule has 1 aromatic rings. The van der Waals surface area contributed by atoms with Crippen LogP contribution in [-0.4, -0.2) is 41.1 Å². The minimum Gasteiger partial charge on any atom is -0.481 e. The van der Waals surface area contributed by atoms with Crippen molar-refractivity contribution in [3.05, 3.63) is 35.4 Å². The summed E-state index contributed by atoms with van der Waals surface area (Å²) in [5.74, 6) is -1.29. The smallest absolute Gasteiger partial charge is 0.308 e. The topological polar surface area (TPSA) is 66.8 Å². The molecule has 3 rings (SSSR count). The van der Waals surface area contributed by atoms with Gasteiger partial charge in [-0.3, -0.25) is 9.59 Å². The molecule has 1 aromatic carbocycles. The third-order valence-corrected chi connectivity index (χ3v) is 4.84. The lowest BCUT2D eigenvalue weighted by Gasteiger charge is -2.29. The van der Waals surface area contributed by atoms with Crippen LogP contribution < -0.4 is 0 Å². The summed E-state index contributed by atoms with van der Waals surface area (Å²) < 4.78 is 5.78. The average molecular weight is 303 g/mol. The number of likely N-dealkylation sites (tertiary alicyclic amines) is 1. The standard InChI is InChI=1S/C17H21NO4/c1-11-13(17(20)21)6-8-18(11)16(19)10-15-14-5-3-2-4-12(14)7-9-22-15/h2-5,11,13,15H,6-10H2,1H3,(H,20,21). The summed E-state index contributed by atoms with van der Waals surface area (Å²) in [6, 6.07) is 7.81. The summed E-state index contributed by atoms with van der Waals surface area (Å²) in [5, 5.41) is 9.17. The molecule has 22 heavy (non-hydrogen) atoms. The molecule has 0 aliphatic carbocycles. The molecule has 2 heterocycles. The Bertz CT molecular complexity index is 586. The Morgan fingerprint density at radius 1 is 1.36 bits per heavy atom. The molecule has 0 bridgehead atoms. The number of rotatable bonds is 3. The van der Waals surface area contributed by atoms with E-state index in [4.69, 9.17) is 4.74 Å². The van der Waals surface area contributed by atoms with Crippen molar-refractivity contribution in [2.45, 2.75) is 38.3 Å². The van der Waals surface area contributed by atoms with E-state index in [1.807, 2.05) is 25.1 Å². The third kappa shape index (κ3) is 2.73. The fourth-order valence-corrected chi connectivity index (χ4v) is 3.54. The number of carbonyl (C=O) groups excluding carboxylic acids is 1. The Kier molecular flexibility index (Phi) is 4.16. The number of carboxylic acids is 1. The van der Waals surface area contributed by atoms with E-state index in [9.17, 15) is 14.7 Å². The van der Waals surface area contributed by atoms with Gasteiger partial charge in [-0.15, -0.1) is 0 Å². The number of benzene rings is 1. The predicted molar refractivity (Wildman–Crippen MR) is 80.4 cm³/mol. The molecule has 118 valence electrons. The maximum atomic E-state index is 12.6. The van der Waals surface area contributed by atoms with Crippen molar-refractivity contribution in [3.63, 3.8) is 0 Å². The van der Waals surface area contributed by atoms with Crippen LogP contribution in [0.4, 0.5) is 0 Å². The van der Waals surface area contributed by atoms with Crippen LogP contribution in [0.1, 0.15) is 37.0 Å². The number of hydrogen-bond donors (Lipinski definition) is 1. The molecule has 0 radical (unpaired) electrons. The first kappa shape index (κ1) is 15.0. The molecule has 0 aromatic heterocycles. The van der Waals surface area contributed by atoms with Gasteiger partial charge in [0.05, 0.1) is 25.0 Å². The fraction of sp³-hybridized carbons (Fsp3) is 0.529. The van der Waals surface area contributed by atoms with Crippen molar-refractivity contribution in [2.24, 2.45) is 5.92 Å². The lowest BCUT2D eigenvalue weighted by molar-refractivity contribution is -0.143. The lowest BCUT2D eigenvalue weighted by atomic mass is 9.95. The fourth-order valence-electron chi connectivity index (χ4n) is 3.54. The quantitative estimate of drug-likeness (QED) is 0.927. The minimum atomic E-state index is -0.818. The van der Waals surface area contributed by atoms with E-state index in [-0.39, 0.29) is 24.5 Å². The Balaban J connectivity index is 1.70. The number of carbonyl (C=O) groups is 2. The molecule has 5 nitrogen and oxygen atoms in total. The summed E-state index contributed by atoms with van der Waals surface area (Å²) in [5.41, 5.74) is 2.33. The number of amides is 1. The molecule has 1 fully saturated rings. The highest BCUT2D eigenvalue weighted by molar-refractivity contribution is 5.80. The summed E-state index contributed by atoms with van der Waals surface area (Å²) in [6.45, 7) is 2.97. The number of ether oxygens (including phenoxy) is 1. The van der Waals surface area contributed by atoms with Crippen molar-refractivity contribution in [3.8, 4) is 0 Å². The van der Waals surface area contributed by atoms with Crippen LogP contribution in [0.3, 0.4) is 0 Å². The van der Waals surface area contributed by atoms with Gasteiger partial charge in [-0.25, -0.2) is 0 Å². The first-order valence-corrected chi connectivity index (χ1v) is 7.79. The minimum absolute atomic E-state index is 0.0158. The molecule has 1 N–H and O–H groups in total. The van der Waals surface area contributed by atoms with Gasteiger partial charge in [-0.05, 0) is 30.9 Å². The molecule has 5 heteroatoms. The Morgan fingerprint density at radius 2 is 2.14 bits per heavy atom. The Labute approximate surface area is 129 Å². The Hall–Kier alpha value is -1.88. The third-order valence-electron chi connectivity index (χ3n) is 4.84. The van der Waals surface area contributed by atoms with Crippen LogP contribution in [-0.2, 0) is 20.7 Å². The highest BCUT2D eigenvalue weighted by atomic mass is 16.5. The molecule has 0 saturated carbocycles. The predicted octanol–water partition coefficient (Wildman–Crippen LogP) is 2.01. The van der Waals surface area contributed by atoms with Gasteiger partial charge in [0.1, 0.15) is 0 Å². The number of fused-ring (bicyclic) bond motifs is 1. The van der Waals surface area contributed by atoms with Crippen molar-refractivity contribution in [1.82, 2.24) is 4.90 Å². The van der Waals surface area contributed by atoms with Gasteiger partial charge in [-0.2, -0.15) is 0 Å². The SMILES string of the molecule is CC1C(C(=O)O)CCN1C(=O)CC1OCCc2ccccc21. The molecule has 2 aliphatic heterocycles. The second-order valence-corrected chi connectivity index (χ2v) is 6.07. The first-order valence-electron chi connectivity index (χ1n) is 7.79. The second kappa shape index (κ2) is 6.08. The van der Waals surface area contributed by atoms with Crippen molar-refractivity contribution in [2.75, 3.05) is 13.2 Å². The molecule has 3 atom stereocenters. The number of hydrogen-bond acceptors (Lipinski definition) is 3. The molecular formula is C17H21NO4. The van der Waals surface area contributed by atoms with Crippen LogP contribution in [0.25, 0.3) is 0 Å². The zero-order valence-corrected chi connectivity index (χ0v) is 12.7. The second-order valence-electron chi connectivity index (χ2n) is 6.07. The monoisotopic (exact) mass is 303 g/mol. The van der Waals surface area contributed by atoms with Gasteiger partial charge in [-0.1, -0.05) is 24.3 Å². The highest BCUT2D eigenvalue weighted by Gasteiger charge is 2.39. The van der Waals surface area contributed by atoms with Gasteiger partial charge >= 0.3 is 5.97 Å². The average Bonchev–Trinajstić information content (AvgIpc) is 2.89. The Morgan fingerprint density at radius 3 is 2.86 bits per heavy atom. The van der Waals surface area contributed by atoms with Crippen LogP contribution in [0.15, 0.2) is 24.3 Å².